The molecule has 0 radical (unpaired) electrons. The Kier molecular flexibility index (Phi) is 7.67. The van der Waals surface area contributed by atoms with Crippen LogP contribution in [-0.4, -0.2) is 86.5 Å². The van der Waals surface area contributed by atoms with Crippen LogP contribution in [-0.2, 0) is 14.3 Å². The van der Waals surface area contributed by atoms with Gasteiger partial charge in [-0.15, -0.1) is 0 Å². The second-order valence-corrected chi connectivity index (χ2v) is 5.92. The molecule has 1 saturated heterocycles. The van der Waals surface area contributed by atoms with E-state index in [9.17, 15) is 9.59 Å². The molecule has 0 N–H and O–H groups in total. The molecule has 0 aromatic carbocycles. The molecule has 1 heterocycles. The van der Waals surface area contributed by atoms with Gasteiger partial charge in [0, 0.05) is 40.3 Å². The first-order chi connectivity index (χ1) is 9.95. The molecule has 1 atom stereocenters. The van der Waals surface area contributed by atoms with Gasteiger partial charge in [-0.05, 0) is 26.2 Å². The smallest absolute Gasteiger partial charge is 0.237 e. The molecule has 0 saturated carbocycles. The lowest BCUT2D eigenvalue weighted by Crippen LogP contribution is -2.49. The predicted molar refractivity (Wildman–Crippen MR) is 82.0 cm³/mol. The third-order valence-electron chi connectivity index (χ3n) is 3.95. The van der Waals surface area contributed by atoms with Gasteiger partial charge in [-0.2, -0.15) is 0 Å². The maximum absolute atomic E-state index is 12.5. The van der Waals surface area contributed by atoms with Crippen LogP contribution in [0.15, 0.2) is 0 Å². The number of nitrogens with zero attached hydrogens (tertiary/aromatic N) is 3. The summed E-state index contributed by atoms with van der Waals surface area (Å²) in [5, 5.41) is 0. The third kappa shape index (κ3) is 6.01. The van der Waals surface area contributed by atoms with E-state index >= 15 is 0 Å². The number of amides is 2. The first-order valence-corrected chi connectivity index (χ1v) is 7.66. The first-order valence-electron chi connectivity index (χ1n) is 7.66. The molecule has 0 aliphatic carbocycles. The van der Waals surface area contributed by atoms with Crippen molar-refractivity contribution in [1.29, 1.82) is 0 Å². The van der Waals surface area contributed by atoms with Crippen molar-refractivity contribution in [1.82, 2.24) is 14.7 Å². The minimum absolute atomic E-state index is 0.00518. The van der Waals surface area contributed by atoms with Crippen LogP contribution in [0.3, 0.4) is 0 Å². The number of hydrogen-bond donors (Lipinski definition) is 0. The molecule has 0 aromatic rings. The molecule has 1 rings (SSSR count). The fraction of sp³-hybridized carbons (Fsp3) is 0.867. The molecule has 1 aliphatic rings. The predicted octanol–water partition coefficient (Wildman–Crippen LogP) is 0.424. The molecule has 1 aliphatic heterocycles. The lowest BCUT2D eigenvalue weighted by atomic mass is 10.0. The number of piperidine rings is 1. The number of likely N-dealkylation sites (tertiary alicyclic amines) is 1. The topological polar surface area (TPSA) is 53.1 Å². The Balaban J connectivity index is 2.57. The van der Waals surface area contributed by atoms with Crippen molar-refractivity contribution >= 4 is 11.8 Å². The summed E-state index contributed by atoms with van der Waals surface area (Å²) in [4.78, 5) is 29.7. The van der Waals surface area contributed by atoms with Gasteiger partial charge in [0.05, 0.1) is 19.7 Å². The van der Waals surface area contributed by atoms with E-state index < -0.39 is 0 Å². The minimum atomic E-state index is 0.00518. The zero-order valence-corrected chi connectivity index (χ0v) is 13.8. The summed E-state index contributed by atoms with van der Waals surface area (Å²) in [5.74, 6) is 0.121. The number of hydrogen-bond acceptors (Lipinski definition) is 4. The summed E-state index contributed by atoms with van der Waals surface area (Å²) in [5.41, 5.74) is 0. The van der Waals surface area contributed by atoms with E-state index in [0.717, 1.165) is 19.4 Å². The standard InChI is InChI=1S/C15H29N3O3/c1-13-7-5-6-8-18(13)15(20)12-17(9-10-21-4)11-14(19)16(2)3/h13H,5-12H2,1-4H3. The highest BCUT2D eigenvalue weighted by Gasteiger charge is 2.25. The van der Waals surface area contributed by atoms with Crippen molar-refractivity contribution in [2.75, 3.05) is 54.0 Å². The van der Waals surface area contributed by atoms with Gasteiger partial charge in [0.2, 0.25) is 11.8 Å². The Morgan fingerprint density at radius 2 is 1.95 bits per heavy atom. The molecule has 6 heteroatoms. The van der Waals surface area contributed by atoms with Crippen LogP contribution in [0, 0.1) is 0 Å². The number of likely N-dealkylation sites (N-methyl/N-ethyl adjacent to an activating group) is 1. The normalized spacial score (nSPS) is 18.9. The summed E-state index contributed by atoms with van der Waals surface area (Å²) in [7, 11) is 5.08. The summed E-state index contributed by atoms with van der Waals surface area (Å²) in [6.07, 6.45) is 3.34. The Morgan fingerprint density at radius 1 is 1.24 bits per heavy atom. The van der Waals surface area contributed by atoms with Crippen LogP contribution in [0.25, 0.3) is 0 Å². The zero-order valence-electron chi connectivity index (χ0n) is 13.8. The number of ether oxygens (including phenoxy) is 1. The molecule has 6 nitrogen and oxygen atoms in total. The average molecular weight is 299 g/mol. The third-order valence-corrected chi connectivity index (χ3v) is 3.95. The molecule has 122 valence electrons. The zero-order chi connectivity index (χ0) is 15.8. The van der Waals surface area contributed by atoms with E-state index in [1.807, 2.05) is 9.80 Å². The molecule has 0 bridgehead atoms. The molecule has 1 fully saturated rings. The lowest BCUT2D eigenvalue weighted by Gasteiger charge is -2.35. The van der Waals surface area contributed by atoms with Crippen molar-refractivity contribution in [3.05, 3.63) is 0 Å². The van der Waals surface area contributed by atoms with Gasteiger partial charge < -0.3 is 14.5 Å². The van der Waals surface area contributed by atoms with Crippen LogP contribution in [0.4, 0.5) is 0 Å². The Hall–Kier alpha value is -1.14. The van der Waals surface area contributed by atoms with Crippen LogP contribution in [0.5, 0.6) is 0 Å². The monoisotopic (exact) mass is 299 g/mol. The summed E-state index contributed by atoms with van der Waals surface area (Å²) in [6.45, 7) is 4.58. The van der Waals surface area contributed by atoms with Gasteiger partial charge in [0.15, 0.2) is 0 Å². The molecular formula is C15H29N3O3. The fourth-order valence-electron chi connectivity index (χ4n) is 2.52. The Bertz CT molecular complexity index is 347. The van der Waals surface area contributed by atoms with Gasteiger partial charge in [-0.3, -0.25) is 14.5 Å². The van der Waals surface area contributed by atoms with Crippen molar-refractivity contribution < 1.29 is 14.3 Å². The van der Waals surface area contributed by atoms with Crippen molar-refractivity contribution in [3.63, 3.8) is 0 Å². The quantitative estimate of drug-likeness (QED) is 0.684. The molecular weight excluding hydrogens is 270 g/mol. The highest BCUT2D eigenvalue weighted by Crippen LogP contribution is 2.16. The van der Waals surface area contributed by atoms with Gasteiger partial charge in [0.25, 0.3) is 0 Å². The van der Waals surface area contributed by atoms with Crippen molar-refractivity contribution in [3.8, 4) is 0 Å². The highest BCUT2D eigenvalue weighted by molar-refractivity contribution is 5.81. The molecule has 2 amide bonds. The number of carbonyl (C=O) groups excluding carboxylic acids is 2. The van der Waals surface area contributed by atoms with Crippen molar-refractivity contribution in [2.45, 2.75) is 32.2 Å². The average Bonchev–Trinajstić information content (AvgIpc) is 2.44. The molecule has 0 aromatic heterocycles. The fourth-order valence-corrected chi connectivity index (χ4v) is 2.52. The molecule has 1 unspecified atom stereocenters. The second-order valence-electron chi connectivity index (χ2n) is 5.92. The van der Waals surface area contributed by atoms with Crippen LogP contribution in [0.2, 0.25) is 0 Å². The van der Waals surface area contributed by atoms with Gasteiger partial charge in [-0.1, -0.05) is 0 Å². The SMILES string of the molecule is COCCN(CC(=O)N(C)C)CC(=O)N1CCCCC1C. The maximum atomic E-state index is 12.5. The summed E-state index contributed by atoms with van der Waals surface area (Å²) in [6, 6.07) is 0.306. The second kappa shape index (κ2) is 9.00. The van der Waals surface area contributed by atoms with E-state index in [1.54, 1.807) is 26.1 Å². The minimum Gasteiger partial charge on any atom is -0.383 e. The highest BCUT2D eigenvalue weighted by atomic mass is 16.5. The van der Waals surface area contributed by atoms with Crippen LogP contribution in [0.1, 0.15) is 26.2 Å². The van der Waals surface area contributed by atoms with Gasteiger partial charge in [-0.25, -0.2) is 0 Å². The Morgan fingerprint density at radius 3 is 2.52 bits per heavy atom. The van der Waals surface area contributed by atoms with Crippen LogP contribution >= 0.6 is 0 Å². The number of carbonyl (C=O) groups is 2. The Labute approximate surface area is 128 Å². The largest absolute Gasteiger partial charge is 0.383 e. The van der Waals surface area contributed by atoms with Crippen LogP contribution < -0.4 is 0 Å². The molecule has 21 heavy (non-hydrogen) atoms. The summed E-state index contributed by atoms with van der Waals surface area (Å²) < 4.78 is 5.07. The van der Waals surface area contributed by atoms with E-state index in [2.05, 4.69) is 6.92 Å². The van der Waals surface area contributed by atoms with Gasteiger partial charge >= 0.3 is 0 Å². The van der Waals surface area contributed by atoms with E-state index in [0.29, 0.717) is 19.2 Å². The van der Waals surface area contributed by atoms with E-state index in [4.69, 9.17) is 4.74 Å². The number of methoxy groups -OCH3 is 1. The van der Waals surface area contributed by atoms with Gasteiger partial charge in [0.1, 0.15) is 0 Å². The lowest BCUT2D eigenvalue weighted by molar-refractivity contribution is -0.137. The summed E-state index contributed by atoms with van der Waals surface area (Å²) >= 11 is 0. The number of rotatable bonds is 7. The van der Waals surface area contributed by atoms with E-state index in [-0.39, 0.29) is 24.9 Å². The van der Waals surface area contributed by atoms with E-state index in [1.165, 1.54) is 6.42 Å². The maximum Gasteiger partial charge on any atom is 0.237 e. The van der Waals surface area contributed by atoms with Crippen molar-refractivity contribution in [2.24, 2.45) is 0 Å². The first kappa shape index (κ1) is 17.9. The molecule has 0 spiro atoms.